The number of halogens is 2. The van der Waals surface area contributed by atoms with Gasteiger partial charge in [-0.15, -0.1) is 11.3 Å². The van der Waals surface area contributed by atoms with Crippen LogP contribution in [0, 0.1) is 11.6 Å². The summed E-state index contributed by atoms with van der Waals surface area (Å²) in [5.41, 5.74) is 3.04. The van der Waals surface area contributed by atoms with E-state index in [2.05, 4.69) is 27.2 Å². The third-order valence-corrected chi connectivity index (χ3v) is 6.34. The van der Waals surface area contributed by atoms with Crippen molar-refractivity contribution >= 4 is 35.5 Å². The number of anilines is 1. The van der Waals surface area contributed by atoms with Crippen molar-refractivity contribution in [3.05, 3.63) is 69.9 Å². The van der Waals surface area contributed by atoms with Crippen LogP contribution in [0.1, 0.15) is 33.0 Å². The number of rotatable bonds is 4. The van der Waals surface area contributed by atoms with Crippen molar-refractivity contribution < 1.29 is 13.6 Å². The minimum atomic E-state index is -0.847. The number of hydrazone groups is 2. The molecule has 0 saturated heterocycles. The highest BCUT2D eigenvalue weighted by Gasteiger charge is 2.24. The molecule has 0 fully saturated rings. The fourth-order valence-electron chi connectivity index (χ4n) is 3.62. The molecule has 0 saturated carbocycles. The van der Waals surface area contributed by atoms with E-state index in [0.717, 1.165) is 52.2 Å². The highest BCUT2D eigenvalue weighted by molar-refractivity contribution is 7.17. The molecule has 4 rings (SSSR count). The molecule has 0 unspecified atom stereocenters. The number of amides is 1. The van der Waals surface area contributed by atoms with Gasteiger partial charge in [-0.05, 0) is 48.6 Å². The Morgan fingerprint density at radius 3 is 2.69 bits per heavy atom. The number of amidine groups is 1. The Bertz CT molecular complexity index is 1220. The van der Waals surface area contributed by atoms with E-state index in [1.165, 1.54) is 22.4 Å². The number of carbonyl (C=O) groups is 1. The molecule has 1 aromatic heterocycles. The van der Waals surface area contributed by atoms with Crippen LogP contribution in [0.3, 0.4) is 0 Å². The van der Waals surface area contributed by atoms with E-state index >= 15 is 0 Å². The van der Waals surface area contributed by atoms with E-state index in [9.17, 15) is 13.6 Å². The predicted molar refractivity (Wildman–Crippen MR) is 122 cm³/mol. The van der Waals surface area contributed by atoms with Gasteiger partial charge in [-0.2, -0.15) is 10.2 Å². The molecule has 0 atom stereocenters. The van der Waals surface area contributed by atoms with Crippen LogP contribution in [0.2, 0.25) is 0 Å². The maximum absolute atomic E-state index is 13.9. The molecule has 0 bridgehead atoms. The lowest BCUT2D eigenvalue weighted by molar-refractivity contribution is 0.102. The molecule has 10 heteroatoms. The van der Waals surface area contributed by atoms with Crippen molar-refractivity contribution in [2.24, 2.45) is 16.0 Å². The number of para-hydroxylation sites is 1. The summed E-state index contributed by atoms with van der Waals surface area (Å²) in [4.78, 5) is 18.0. The summed E-state index contributed by atoms with van der Waals surface area (Å²) >= 11 is 1.18. The van der Waals surface area contributed by atoms with Crippen LogP contribution in [0.5, 0.6) is 0 Å². The number of fused-ring (bicyclic) bond motifs is 3. The third-order valence-electron chi connectivity index (χ3n) is 5.21. The first-order valence-corrected chi connectivity index (χ1v) is 10.6. The minimum Gasteiger partial charge on any atom is -0.321 e. The molecule has 1 amide bonds. The zero-order chi connectivity index (χ0) is 22.8. The van der Waals surface area contributed by atoms with E-state index < -0.39 is 23.2 Å². The zero-order valence-corrected chi connectivity index (χ0v) is 18.0. The van der Waals surface area contributed by atoms with Gasteiger partial charge in [-0.1, -0.05) is 18.2 Å². The molecule has 1 aliphatic carbocycles. The Hall–Kier alpha value is -3.66. The molecule has 2 aromatic carbocycles. The predicted octanol–water partition coefficient (Wildman–Crippen LogP) is 4.00. The number of hydrogen-bond donors (Lipinski definition) is 2. The molecule has 7 nitrogen and oxygen atoms in total. The molecule has 3 aromatic rings. The molecule has 3 N–H and O–H groups in total. The number of aryl methyl sites for hydroxylation is 2. The summed E-state index contributed by atoms with van der Waals surface area (Å²) in [5.74, 6) is 3.64. The summed E-state index contributed by atoms with van der Waals surface area (Å²) < 4.78 is 27.9. The summed E-state index contributed by atoms with van der Waals surface area (Å²) in [6.45, 7) is 3.50. The van der Waals surface area contributed by atoms with Crippen molar-refractivity contribution in [1.82, 2.24) is 9.99 Å². The van der Waals surface area contributed by atoms with E-state index in [4.69, 9.17) is 5.84 Å². The number of nitrogens with zero attached hydrogens (tertiary/aromatic N) is 4. The van der Waals surface area contributed by atoms with Gasteiger partial charge >= 0.3 is 0 Å². The Kier molecular flexibility index (Phi) is 5.95. The quantitative estimate of drug-likeness (QED) is 0.270. The molecule has 1 aliphatic rings. The van der Waals surface area contributed by atoms with Gasteiger partial charge < -0.3 is 11.2 Å². The van der Waals surface area contributed by atoms with Crippen LogP contribution >= 0.6 is 11.3 Å². The summed E-state index contributed by atoms with van der Waals surface area (Å²) in [6.07, 6.45) is 2.40. The fourth-order valence-corrected chi connectivity index (χ4v) is 4.67. The first kappa shape index (κ1) is 21.6. The molecule has 0 aliphatic heterocycles. The lowest BCUT2D eigenvalue weighted by Gasteiger charge is -2.16. The van der Waals surface area contributed by atoms with Gasteiger partial charge in [0.1, 0.15) is 17.3 Å². The second-order valence-corrected chi connectivity index (χ2v) is 8.19. The maximum Gasteiger partial charge on any atom is 0.284 e. The molecule has 164 valence electrons. The van der Waals surface area contributed by atoms with Crippen LogP contribution in [0.25, 0.3) is 10.4 Å². The number of carbonyl (C=O) groups excluding carboxylic acids is 1. The topological polar surface area (TPSA) is 96.0 Å². The highest BCUT2D eigenvalue weighted by atomic mass is 32.1. The smallest absolute Gasteiger partial charge is 0.284 e. The Morgan fingerprint density at radius 2 is 2.00 bits per heavy atom. The summed E-state index contributed by atoms with van der Waals surface area (Å²) in [6, 6.07) is 9.24. The van der Waals surface area contributed by atoms with Crippen LogP contribution in [0.15, 0.2) is 46.6 Å². The molecule has 32 heavy (non-hydrogen) atoms. The third kappa shape index (κ3) is 3.96. The lowest BCUT2D eigenvalue weighted by Crippen LogP contribution is -2.23. The molecular formula is C22H20F2N6OS. The first-order chi connectivity index (χ1) is 15.4. The number of benzene rings is 2. The van der Waals surface area contributed by atoms with E-state index in [1.54, 1.807) is 7.05 Å². The van der Waals surface area contributed by atoms with Gasteiger partial charge in [0, 0.05) is 19.3 Å². The van der Waals surface area contributed by atoms with E-state index in [-0.39, 0.29) is 5.01 Å². The van der Waals surface area contributed by atoms with Crippen molar-refractivity contribution in [3.8, 4) is 10.4 Å². The second-order valence-electron chi connectivity index (χ2n) is 7.19. The molecule has 1 heterocycles. The molecular weight excluding hydrogens is 434 g/mol. The van der Waals surface area contributed by atoms with Crippen molar-refractivity contribution in [2.75, 3.05) is 12.4 Å². The van der Waals surface area contributed by atoms with Gasteiger partial charge in [0.2, 0.25) is 0 Å². The fraction of sp³-hybridized carbons (Fsp3) is 0.182. The standard InChI is InChI=1S/C22H20F2N6OS/c1-26-30(2)20(29-25)13-10-9-12-5-3-8-17-19(14(12)11-13)32-22(27-17)21(31)28-18-15(23)6-4-7-16(18)24/h4,6-7,9-11H,1,3,5,8,25H2,2H3,(H,28,31)/b29-20-. The van der Waals surface area contributed by atoms with Gasteiger partial charge in [0.05, 0.1) is 10.6 Å². The lowest BCUT2D eigenvalue weighted by atomic mass is 10.0. The van der Waals surface area contributed by atoms with Crippen LogP contribution in [-0.2, 0) is 12.8 Å². The highest BCUT2D eigenvalue weighted by Crippen LogP contribution is 2.38. The van der Waals surface area contributed by atoms with Gasteiger partial charge in [0.25, 0.3) is 5.91 Å². The molecule has 0 radical (unpaired) electrons. The van der Waals surface area contributed by atoms with Crippen molar-refractivity contribution in [2.45, 2.75) is 19.3 Å². The first-order valence-electron chi connectivity index (χ1n) is 9.80. The number of thiazole rings is 1. The number of hydrogen-bond acceptors (Lipinski definition) is 6. The normalized spacial score (nSPS) is 13.0. The monoisotopic (exact) mass is 454 g/mol. The Morgan fingerprint density at radius 1 is 1.25 bits per heavy atom. The second kappa shape index (κ2) is 8.83. The SMILES string of the molecule is C=NN(C)/C(=N\N)c1ccc2c(c1)-c1sc(C(=O)Nc3c(F)cccc3F)nc1CCC2. The van der Waals surface area contributed by atoms with Crippen LogP contribution in [0.4, 0.5) is 14.5 Å². The average Bonchev–Trinajstić information content (AvgIpc) is 3.14. The van der Waals surface area contributed by atoms with Crippen LogP contribution in [-0.4, -0.2) is 35.5 Å². The van der Waals surface area contributed by atoms with Gasteiger partial charge in [-0.3, -0.25) is 4.79 Å². The van der Waals surface area contributed by atoms with Gasteiger partial charge in [0.15, 0.2) is 10.8 Å². The number of nitrogens with two attached hydrogens (primary N) is 1. The maximum atomic E-state index is 13.9. The Labute approximate surface area is 187 Å². The summed E-state index contributed by atoms with van der Waals surface area (Å²) in [5, 5.41) is 11.6. The average molecular weight is 455 g/mol. The van der Waals surface area contributed by atoms with E-state index in [1.807, 2.05) is 18.2 Å². The Balaban J connectivity index is 1.72. The largest absolute Gasteiger partial charge is 0.321 e. The molecule has 0 spiro atoms. The zero-order valence-electron chi connectivity index (χ0n) is 17.2. The van der Waals surface area contributed by atoms with Crippen molar-refractivity contribution in [1.29, 1.82) is 0 Å². The van der Waals surface area contributed by atoms with E-state index in [0.29, 0.717) is 12.3 Å². The number of nitrogens with one attached hydrogen (secondary N) is 1. The summed E-state index contributed by atoms with van der Waals surface area (Å²) in [7, 11) is 1.69. The van der Waals surface area contributed by atoms with Crippen molar-refractivity contribution in [3.63, 3.8) is 0 Å². The minimum absolute atomic E-state index is 0.133. The van der Waals surface area contributed by atoms with Gasteiger partial charge in [-0.25, -0.2) is 18.8 Å². The van der Waals surface area contributed by atoms with Crippen LogP contribution < -0.4 is 11.2 Å². The number of aromatic nitrogens is 1.